The Labute approximate surface area is 174 Å². The number of likely N-dealkylation sites (tertiary alicyclic amines) is 1. The van der Waals surface area contributed by atoms with Crippen LogP contribution in [0, 0.1) is 11.8 Å². The number of hydrogen-bond acceptors (Lipinski definition) is 4. The highest BCUT2D eigenvalue weighted by Gasteiger charge is 2.31. The number of fused-ring (bicyclic) bond motifs is 1. The maximum atomic E-state index is 12.9. The molecule has 156 valence electrons. The topological polar surface area (TPSA) is 49.6 Å². The third kappa shape index (κ3) is 4.55. The third-order valence-corrected chi connectivity index (χ3v) is 6.20. The minimum Gasteiger partial charge on any atom is -0.437 e. The Bertz CT molecular complexity index is 846. The Hall–Kier alpha value is -2.14. The number of amides is 1. The summed E-state index contributed by atoms with van der Waals surface area (Å²) in [6, 6.07) is 8.90. The first-order chi connectivity index (χ1) is 13.9. The van der Waals surface area contributed by atoms with Crippen LogP contribution in [0.15, 0.2) is 28.7 Å². The van der Waals surface area contributed by atoms with Crippen molar-refractivity contribution >= 4 is 5.91 Å². The molecule has 1 saturated heterocycles. The molecule has 1 aromatic heterocycles. The molecular formula is C24H33N3O2. The number of hydrogen-bond donors (Lipinski definition) is 0. The van der Waals surface area contributed by atoms with E-state index in [4.69, 9.17) is 4.42 Å². The molecule has 4 rings (SSSR count). The van der Waals surface area contributed by atoms with Crippen LogP contribution in [0.25, 0.3) is 0 Å². The van der Waals surface area contributed by atoms with Gasteiger partial charge < -0.3 is 9.32 Å². The highest BCUT2D eigenvalue weighted by atomic mass is 16.4. The molecule has 5 nitrogen and oxygen atoms in total. The van der Waals surface area contributed by atoms with E-state index in [-0.39, 0.29) is 11.8 Å². The molecule has 2 aromatic rings. The zero-order chi connectivity index (χ0) is 20.5. The molecular weight excluding hydrogens is 362 g/mol. The standard InChI is InChI=1S/C24H33N3O2/c1-16(2)20-7-5-19(6-8-20)14-26-10-9-22-21(15-26)25-23(29-22)24(28)27-12-17(3)11-18(4)13-27/h5-8,16-18H,9-15H2,1-4H3/t17-,18+. The van der Waals surface area contributed by atoms with Gasteiger partial charge >= 0.3 is 5.91 Å². The molecule has 29 heavy (non-hydrogen) atoms. The second-order valence-electron chi connectivity index (χ2n) is 9.40. The zero-order valence-corrected chi connectivity index (χ0v) is 18.1. The van der Waals surface area contributed by atoms with Crippen LogP contribution >= 0.6 is 0 Å². The Morgan fingerprint density at radius 1 is 1.17 bits per heavy atom. The maximum absolute atomic E-state index is 12.9. The summed E-state index contributed by atoms with van der Waals surface area (Å²) in [6.45, 7) is 13.0. The Kier molecular flexibility index (Phi) is 5.77. The molecule has 3 heterocycles. The quantitative estimate of drug-likeness (QED) is 0.766. The average Bonchev–Trinajstić information content (AvgIpc) is 3.10. The van der Waals surface area contributed by atoms with Crippen molar-refractivity contribution in [3.63, 3.8) is 0 Å². The van der Waals surface area contributed by atoms with Gasteiger partial charge in [0.1, 0.15) is 5.76 Å². The summed E-state index contributed by atoms with van der Waals surface area (Å²) in [7, 11) is 0. The van der Waals surface area contributed by atoms with Gasteiger partial charge in [-0.2, -0.15) is 0 Å². The predicted octanol–water partition coefficient (Wildman–Crippen LogP) is 4.47. The first-order valence-electron chi connectivity index (χ1n) is 11.0. The van der Waals surface area contributed by atoms with Crippen molar-refractivity contribution in [1.82, 2.24) is 14.8 Å². The summed E-state index contributed by atoms with van der Waals surface area (Å²) in [5.41, 5.74) is 3.61. The normalized spacial score (nSPS) is 22.7. The van der Waals surface area contributed by atoms with Gasteiger partial charge in [-0.05, 0) is 35.3 Å². The zero-order valence-electron chi connectivity index (χ0n) is 18.1. The highest BCUT2D eigenvalue weighted by molar-refractivity contribution is 5.89. The minimum absolute atomic E-state index is 0.0476. The molecule has 2 aliphatic rings. The van der Waals surface area contributed by atoms with E-state index in [9.17, 15) is 4.79 Å². The SMILES string of the molecule is CC(C)c1ccc(CN2CCc3oc(C(=O)N4C[C@H](C)C[C@H](C)C4)nc3C2)cc1. The van der Waals surface area contributed by atoms with Crippen LogP contribution in [-0.4, -0.2) is 40.3 Å². The maximum Gasteiger partial charge on any atom is 0.309 e. The van der Waals surface area contributed by atoms with E-state index < -0.39 is 0 Å². The lowest BCUT2D eigenvalue weighted by Crippen LogP contribution is -2.42. The van der Waals surface area contributed by atoms with Crippen LogP contribution in [0.1, 0.15) is 73.3 Å². The van der Waals surface area contributed by atoms with Gasteiger partial charge in [0, 0.05) is 39.1 Å². The van der Waals surface area contributed by atoms with E-state index in [1.54, 1.807) is 0 Å². The number of nitrogens with zero attached hydrogens (tertiary/aromatic N) is 3. The van der Waals surface area contributed by atoms with E-state index in [1.165, 1.54) is 17.5 Å². The van der Waals surface area contributed by atoms with Crippen molar-refractivity contribution in [3.8, 4) is 0 Å². The molecule has 0 saturated carbocycles. The molecule has 1 amide bonds. The van der Waals surface area contributed by atoms with Gasteiger partial charge in [-0.1, -0.05) is 52.0 Å². The number of carbonyl (C=O) groups excluding carboxylic acids is 1. The van der Waals surface area contributed by atoms with Crippen LogP contribution < -0.4 is 0 Å². The summed E-state index contributed by atoms with van der Waals surface area (Å²) < 4.78 is 5.90. The van der Waals surface area contributed by atoms with E-state index >= 15 is 0 Å². The molecule has 1 aromatic carbocycles. The Morgan fingerprint density at radius 2 is 1.86 bits per heavy atom. The predicted molar refractivity (Wildman–Crippen MR) is 114 cm³/mol. The fourth-order valence-electron chi connectivity index (χ4n) is 4.71. The Morgan fingerprint density at radius 3 is 2.52 bits per heavy atom. The number of benzene rings is 1. The molecule has 1 fully saturated rings. The lowest BCUT2D eigenvalue weighted by molar-refractivity contribution is 0.0581. The van der Waals surface area contributed by atoms with Crippen molar-refractivity contribution in [2.24, 2.45) is 11.8 Å². The Balaban J connectivity index is 1.41. The fourth-order valence-corrected chi connectivity index (χ4v) is 4.71. The van der Waals surface area contributed by atoms with Gasteiger partial charge in [0.2, 0.25) is 0 Å². The van der Waals surface area contributed by atoms with Crippen molar-refractivity contribution in [2.45, 2.75) is 59.5 Å². The molecule has 0 unspecified atom stereocenters. The number of oxazole rings is 1. The molecule has 0 spiro atoms. The molecule has 2 atom stereocenters. The summed E-state index contributed by atoms with van der Waals surface area (Å²) >= 11 is 0. The molecule has 2 aliphatic heterocycles. The average molecular weight is 396 g/mol. The van der Waals surface area contributed by atoms with Gasteiger partial charge in [-0.3, -0.25) is 9.69 Å². The van der Waals surface area contributed by atoms with E-state index in [0.29, 0.717) is 17.8 Å². The van der Waals surface area contributed by atoms with Crippen LogP contribution in [0.5, 0.6) is 0 Å². The second-order valence-corrected chi connectivity index (χ2v) is 9.40. The van der Waals surface area contributed by atoms with Crippen molar-refractivity contribution in [2.75, 3.05) is 19.6 Å². The van der Waals surface area contributed by atoms with Crippen LogP contribution in [0.4, 0.5) is 0 Å². The second kappa shape index (κ2) is 8.31. The minimum atomic E-state index is -0.0476. The van der Waals surface area contributed by atoms with E-state index in [1.807, 2.05) is 4.90 Å². The van der Waals surface area contributed by atoms with Gasteiger partial charge in [0.05, 0.1) is 5.69 Å². The smallest absolute Gasteiger partial charge is 0.309 e. The molecule has 0 aliphatic carbocycles. The molecule has 0 bridgehead atoms. The first-order valence-corrected chi connectivity index (χ1v) is 11.0. The fraction of sp³-hybridized carbons (Fsp3) is 0.583. The van der Waals surface area contributed by atoms with Gasteiger partial charge in [-0.25, -0.2) is 4.98 Å². The molecule has 0 radical (unpaired) electrons. The van der Waals surface area contributed by atoms with Crippen LogP contribution in [0.3, 0.4) is 0 Å². The first kappa shape index (κ1) is 20.1. The van der Waals surface area contributed by atoms with Crippen molar-refractivity contribution in [3.05, 3.63) is 52.7 Å². The number of aromatic nitrogens is 1. The van der Waals surface area contributed by atoms with Crippen LogP contribution in [-0.2, 0) is 19.5 Å². The number of rotatable bonds is 4. The van der Waals surface area contributed by atoms with Gasteiger partial charge in [-0.15, -0.1) is 0 Å². The number of carbonyl (C=O) groups is 1. The van der Waals surface area contributed by atoms with Crippen molar-refractivity contribution < 1.29 is 9.21 Å². The molecule has 5 heteroatoms. The largest absolute Gasteiger partial charge is 0.437 e. The summed E-state index contributed by atoms with van der Waals surface area (Å²) in [4.78, 5) is 21.8. The monoisotopic (exact) mass is 395 g/mol. The van der Waals surface area contributed by atoms with Gasteiger partial charge in [0.25, 0.3) is 5.89 Å². The molecule has 0 N–H and O–H groups in total. The highest BCUT2D eigenvalue weighted by Crippen LogP contribution is 2.25. The lowest BCUT2D eigenvalue weighted by Gasteiger charge is -2.34. The van der Waals surface area contributed by atoms with Gasteiger partial charge in [0.15, 0.2) is 0 Å². The third-order valence-electron chi connectivity index (χ3n) is 6.20. The summed E-state index contributed by atoms with van der Waals surface area (Å²) in [6.07, 6.45) is 1.99. The lowest BCUT2D eigenvalue weighted by atomic mass is 9.92. The summed E-state index contributed by atoms with van der Waals surface area (Å²) in [5.74, 6) is 2.74. The van der Waals surface area contributed by atoms with Crippen molar-refractivity contribution in [1.29, 1.82) is 0 Å². The van der Waals surface area contributed by atoms with Crippen LogP contribution in [0.2, 0.25) is 0 Å². The van der Waals surface area contributed by atoms with E-state index in [0.717, 1.165) is 50.6 Å². The van der Waals surface area contributed by atoms with E-state index in [2.05, 4.69) is 61.8 Å². The summed E-state index contributed by atoms with van der Waals surface area (Å²) in [5, 5.41) is 0. The number of piperidine rings is 1.